The zero-order valence-corrected chi connectivity index (χ0v) is 13.3. The molecule has 0 atom stereocenters. The number of urea groups is 2. The fourth-order valence-electron chi connectivity index (χ4n) is 1.69. The van der Waals surface area contributed by atoms with Gasteiger partial charge in [0.1, 0.15) is 18.2 Å². The highest BCUT2D eigenvalue weighted by molar-refractivity contribution is 5.91. The molecule has 4 N–H and O–H groups in total. The highest BCUT2D eigenvalue weighted by atomic mass is 19.1. The largest absolute Gasteiger partial charge is 0.338 e. The second kappa shape index (κ2) is 9.28. The summed E-state index contributed by atoms with van der Waals surface area (Å²) in [5, 5.41) is 4.47. The van der Waals surface area contributed by atoms with Gasteiger partial charge in [0, 0.05) is 19.2 Å². The molecule has 0 bridgehead atoms. The fraction of sp³-hybridized carbons (Fsp3) is 0.357. The lowest BCUT2D eigenvalue weighted by Crippen LogP contribution is -2.49. The Hall–Kier alpha value is -2.91. The second-order valence-electron chi connectivity index (χ2n) is 4.58. The van der Waals surface area contributed by atoms with E-state index in [0.29, 0.717) is 19.2 Å². The molecule has 0 saturated heterocycles. The monoisotopic (exact) mass is 343 g/mol. The lowest BCUT2D eigenvalue weighted by molar-refractivity contribution is -0.120. The standard InChI is InChI=1S/C14H19F2N5O3/c1-3-21(4-2)14(24)17-8-12(22)19-20-13(23)18-11-6-5-9(15)7-10(11)16/h5-7H,3-4,8H2,1-2H3,(H,17,24)(H,19,22)(H2,18,20,23). The Balaban J connectivity index is 2.36. The van der Waals surface area contributed by atoms with E-state index in [1.807, 2.05) is 10.9 Å². The first-order valence-corrected chi connectivity index (χ1v) is 7.21. The molecule has 0 aliphatic rings. The molecule has 0 radical (unpaired) electrons. The summed E-state index contributed by atoms with van der Waals surface area (Å²) in [6, 6.07) is 1.28. The smallest absolute Gasteiger partial charge is 0.329 e. The Morgan fingerprint density at radius 1 is 1.08 bits per heavy atom. The van der Waals surface area contributed by atoms with Crippen molar-refractivity contribution in [3.8, 4) is 0 Å². The van der Waals surface area contributed by atoms with Crippen molar-refractivity contribution >= 4 is 23.7 Å². The summed E-state index contributed by atoms with van der Waals surface area (Å²) in [6.07, 6.45) is 0. The molecule has 0 spiro atoms. The van der Waals surface area contributed by atoms with E-state index in [0.717, 1.165) is 12.1 Å². The van der Waals surface area contributed by atoms with E-state index in [9.17, 15) is 23.2 Å². The molecule has 0 unspecified atom stereocenters. The molecule has 8 nitrogen and oxygen atoms in total. The number of hydrogen-bond donors (Lipinski definition) is 4. The minimum absolute atomic E-state index is 0.252. The van der Waals surface area contributed by atoms with Crippen LogP contribution in [-0.4, -0.2) is 42.5 Å². The topological polar surface area (TPSA) is 103 Å². The number of amides is 5. The van der Waals surface area contributed by atoms with Gasteiger partial charge in [0.25, 0.3) is 5.91 Å². The Morgan fingerprint density at radius 2 is 1.75 bits per heavy atom. The van der Waals surface area contributed by atoms with Crippen molar-refractivity contribution < 1.29 is 23.2 Å². The van der Waals surface area contributed by atoms with Crippen molar-refractivity contribution in [1.29, 1.82) is 0 Å². The maximum absolute atomic E-state index is 13.3. The molecule has 1 aromatic carbocycles. The van der Waals surface area contributed by atoms with Crippen molar-refractivity contribution in [2.24, 2.45) is 0 Å². The highest BCUT2D eigenvalue weighted by Crippen LogP contribution is 2.14. The molecule has 5 amide bonds. The van der Waals surface area contributed by atoms with Crippen LogP contribution in [0.4, 0.5) is 24.1 Å². The number of anilines is 1. The van der Waals surface area contributed by atoms with Crippen LogP contribution < -0.4 is 21.5 Å². The van der Waals surface area contributed by atoms with E-state index in [1.165, 1.54) is 4.90 Å². The highest BCUT2D eigenvalue weighted by Gasteiger charge is 2.12. The number of hydrogen-bond acceptors (Lipinski definition) is 3. The maximum Gasteiger partial charge on any atom is 0.338 e. The maximum atomic E-state index is 13.3. The molecule has 0 heterocycles. The first-order chi connectivity index (χ1) is 11.4. The van der Waals surface area contributed by atoms with Crippen LogP contribution in [0.1, 0.15) is 13.8 Å². The third-order valence-corrected chi connectivity index (χ3v) is 2.95. The number of halogens is 2. The molecule has 1 rings (SSSR count). The summed E-state index contributed by atoms with van der Waals surface area (Å²) in [6.45, 7) is 4.23. The number of benzene rings is 1. The molecule has 0 aliphatic heterocycles. The predicted octanol–water partition coefficient (Wildman–Crippen LogP) is 1.17. The quantitative estimate of drug-likeness (QED) is 0.604. The zero-order chi connectivity index (χ0) is 18.1. The van der Waals surface area contributed by atoms with Crippen molar-refractivity contribution in [2.45, 2.75) is 13.8 Å². The first kappa shape index (κ1) is 19.1. The van der Waals surface area contributed by atoms with E-state index >= 15 is 0 Å². The van der Waals surface area contributed by atoms with Crippen LogP contribution in [0.3, 0.4) is 0 Å². The molecular formula is C14H19F2N5O3. The number of nitrogens with zero attached hydrogens (tertiary/aromatic N) is 1. The number of hydrazine groups is 1. The van der Waals surface area contributed by atoms with Gasteiger partial charge in [0.15, 0.2) is 0 Å². The van der Waals surface area contributed by atoms with E-state index in [2.05, 4.69) is 10.6 Å². The van der Waals surface area contributed by atoms with Gasteiger partial charge in [-0.3, -0.25) is 10.2 Å². The molecule has 1 aromatic rings. The predicted molar refractivity (Wildman–Crippen MR) is 83.0 cm³/mol. The van der Waals surface area contributed by atoms with Crippen molar-refractivity contribution in [2.75, 3.05) is 25.0 Å². The van der Waals surface area contributed by atoms with Crippen LogP contribution >= 0.6 is 0 Å². The zero-order valence-electron chi connectivity index (χ0n) is 13.3. The van der Waals surface area contributed by atoms with E-state index in [1.54, 1.807) is 13.8 Å². The Bertz CT molecular complexity index is 608. The summed E-state index contributed by atoms with van der Waals surface area (Å²) in [4.78, 5) is 36.1. The second-order valence-corrected chi connectivity index (χ2v) is 4.58. The van der Waals surface area contributed by atoms with Crippen molar-refractivity contribution in [1.82, 2.24) is 21.1 Å². The summed E-state index contributed by atoms with van der Waals surface area (Å²) < 4.78 is 26.1. The number of nitrogens with one attached hydrogen (secondary N) is 4. The SMILES string of the molecule is CCN(CC)C(=O)NCC(=O)NNC(=O)Nc1ccc(F)cc1F. The minimum Gasteiger partial charge on any atom is -0.329 e. The molecule has 24 heavy (non-hydrogen) atoms. The lowest BCUT2D eigenvalue weighted by Gasteiger charge is -2.19. The fourth-order valence-corrected chi connectivity index (χ4v) is 1.69. The molecule has 0 fully saturated rings. The summed E-state index contributed by atoms with van der Waals surface area (Å²) in [7, 11) is 0. The van der Waals surface area contributed by atoms with Gasteiger partial charge in [-0.2, -0.15) is 0 Å². The summed E-state index contributed by atoms with van der Waals surface area (Å²) in [5.74, 6) is -2.41. The van der Waals surface area contributed by atoms with E-state index in [4.69, 9.17) is 0 Å². The summed E-state index contributed by atoms with van der Waals surface area (Å²) >= 11 is 0. The van der Waals surface area contributed by atoms with Gasteiger partial charge in [-0.1, -0.05) is 0 Å². The van der Waals surface area contributed by atoms with Gasteiger partial charge >= 0.3 is 12.1 Å². The Labute approximate surface area is 137 Å². The van der Waals surface area contributed by atoms with Crippen LogP contribution in [0.5, 0.6) is 0 Å². The third-order valence-electron chi connectivity index (χ3n) is 2.95. The molecule has 10 heteroatoms. The normalized spacial score (nSPS) is 9.83. The Kier molecular flexibility index (Phi) is 7.40. The Morgan fingerprint density at radius 3 is 2.33 bits per heavy atom. The average molecular weight is 343 g/mol. The van der Waals surface area contributed by atoms with Gasteiger partial charge in [0.2, 0.25) is 0 Å². The van der Waals surface area contributed by atoms with Crippen molar-refractivity contribution in [3.05, 3.63) is 29.8 Å². The van der Waals surface area contributed by atoms with Gasteiger partial charge in [-0.05, 0) is 26.0 Å². The van der Waals surface area contributed by atoms with Crippen LogP contribution in [-0.2, 0) is 4.79 Å². The van der Waals surface area contributed by atoms with E-state index in [-0.39, 0.29) is 12.2 Å². The van der Waals surface area contributed by atoms with Crippen LogP contribution in [0, 0.1) is 11.6 Å². The first-order valence-electron chi connectivity index (χ1n) is 7.21. The molecule has 0 aromatic heterocycles. The number of rotatable bonds is 5. The summed E-state index contributed by atoms with van der Waals surface area (Å²) in [5.41, 5.74) is 3.76. The van der Waals surface area contributed by atoms with Crippen LogP contribution in [0.25, 0.3) is 0 Å². The molecular weight excluding hydrogens is 324 g/mol. The van der Waals surface area contributed by atoms with Crippen LogP contribution in [0.15, 0.2) is 18.2 Å². The number of carbonyl (C=O) groups excluding carboxylic acids is 3. The average Bonchev–Trinajstić information content (AvgIpc) is 2.54. The third kappa shape index (κ3) is 6.07. The minimum atomic E-state index is -0.956. The number of carbonyl (C=O) groups is 3. The molecule has 132 valence electrons. The van der Waals surface area contributed by atoms with Gasteiger partial charge in [-0.25, -0.2) is 23.8 Å². The molecule has 0 saturated carbocycles. The van der Waals surface area contributed by atoms with Gasteiger partial charge in [-0.15, -0.1) is 0 Å². The van der Waals surface area contributed by atoms with E-state index < -0.39 is 29.6 Å². The molecule has 0 aliphatic carbocycles. The lowest BCUT2D eigenvalue weighted by atomic mass is 10.3. The van der Waals surface area contributed by atoms with Gasteiger partial charge in [0.05, 0.1) is 5.69 Å². The van der Waals surface area contributed by atoms with Crippen molar-refractivity contribution in [3.63, 3.8) is 0 Å². The van der Waals surface area contributed by atoms with Crippen LogP contribution in [0.2, 0.25) is 0 Å². The van der Waals surface area contributed by atoms with Gasteiger partial charge < -0.3 is 15.5 Å².